The van der Waals surface area contributed by atoms with Gasteiger partial charge < -0.3 is 5.73 Å². The first-order valence-electron chi connectivity index (χ1n) is 3.70. The van der Waals surface area contributed by atoms with Crippen molar-refractivity contribution in [2.24, 2.45) is 5.73 Å². The predicted octanol–water partition coefficient (Wildman–Crippen LogP) is 2.40. The lowest BCUT2D eigenvalue weighted by Crippen LogP contribution is -2.08. The molecule has 0 fully saturated rings. The third-order valence-electron chi connectivity index (χ3n) is 1.79. The Hall–Kier alpha value is -0.530. The molecule has 0 saturated heterocycles. The molecule has 0 saturated carbocycles. The Balaban J connectivity index is 2.93. The van der Waals surface area contributed by atoms with Gasteiger partial charge in [-0.1, -0.05) is 36.7 Å². The summed E-state index contributed by atoms with van der Waals surface area (Å²) in [6.45, 7) is 2.71. The SMILES string of the molecule is C[C@H](CN)c1ccccc1Cl. The Labute approximate surface area is 72.2 Å². The quantitative estimate of drug-likeness (QED) is 0.723. The van der Waals surface area contributed by atoms with Crippen molar-refractivity contribution in [2.75, 3.05) is 6.54 Å². The first-order chi connectivity index (χ1) is 5.25. The van der Waals surface area contributed by atoms with Crippen LogP contribution < -0.4 is 5.73 Å². The van der Waals surface area contributed by atoms with Crippen LogP contribution in [-0.4, -0.2) is 6.54 Å². The summed E-state index contributed by atoms with van der Waals surface area (Å²) in [5.41, 5.74) is 6.65. The van der Waals surface area contributed by atoms with Crippen LogP contribution in [0.4, 0.5) is 0 Å². The Kier molecular flexibility index (Phi) is 2.92. The fourth-order valence-electron chi connectivity index (χ4n) is 1.00. The highest BCUT2D eigenvalue weighted by atomic mass is 35.5. The van der Waals surface area contributed by atoms with Crippen molar-refractivity contribution < 1.29 is 0 Å². The summed E-state index contributed by atoms with van der Waals surface area (Å²) >= 11 is 5.94. The maximum Gasteiger partial charge on any atom is 0.0441 e. The summed E-state index contributed by atoms with van der Waals surface area (Å²) in [4.78, 5) is 0. The van der Waals surface area contributed by atoms with Crippen molar-refractivity contribution in [3.8, 4) is 0 Å². The Morgan fingerprint density at radius 3 is 2.64 bits per heavy atom. The van der Waals surface area contributed by atoms with E-state index >= 15 is 0 Å². The molecule has 0 amide bonds. The molecule has 0 heterocycles. The van der Waals surface area contributed by atoms with Crippen LogP contribution >= 0.6 is 11.6 Å². The first kappa shape index (κ1) is 8.57. The number of halogens is 1. The molecular formula is C9H12ClN. The van der Waals surface area contributed by atoms with Crippen LogP contribution in [-0.2, 0) is 0 Å². The van der Waals surface area contributed by atoms with Crippen LogP contribution in [0.15, 0.2) is 24.3 Å². The van der Waals surface area contributed by atoms with Crippen molar-refractivity contribution in [1.29, 1.82) is 0 Å². The van der Waals surface area contributed by atoms with Gasteiger partial charge in [-0.3, -0.25) is 0 Å². The van der Waals surface area contributed by atoms with Gasteiger partial charge >= 0.3 is 0 Å². The molecule has 0 aliphatic heterocycles. The van der Waals surface area contributed by atoms with Gasteiger partial charge in [0, 0.05) is 5.02 Å². The maximum atomic E-state index is 5.94. The molecule has 0 radical (unpaired) electrons. The molecule has 1 nitrogen and oxygen atoms in total. The minimum Gasteiger partial charge on any atom is -0.330 e. The summed E-state index contributed by atoms with van der Waals surface area (Å²) in [7, 11) is 0. The molecule has 1 aromatic rings. The second-order valence-corrected chi connectivity index (χ2v) is 3.07. The molecule has 1 atom stereocenters. The second-order valence-electron chi connectivity index (χ2n) is 2.66. The van der Waals surface area contributed by atoms with Crippen LogP contribution in [0.25, 0.3) is 0 Å². The molecule has 0 unspecified atom stereocenters. The largest absolute Gasteiger partial charge is 0.330 e. The summed E-state index contributed by atoms with van der Waals surface area (Å²) in [6, 6.07) is 7.81. The topological polar surface area (TPSA) is 26.0 Å². The highest BCUT2D eigenvalue weighted by molar-refractivity contribution is 6.31. The number of hydrogen-bond donors (Lipinski definition) is 1. The predicted molar refractivity (Wildman–Crippen MR) is 48.9 cm³/mol. The van der Waals surface area contributed by atoms with E-state index in [1.165, 1.54) is 0 Å². The molecule has 0 aliphatic carbocycles. The number of hydrogen-bond acceptors (Lipinski definition) is 1. The second kappa shape index (κ2) is 3.74. The third kappa shape index (κ3) is 1.95. The van der Waals surface area contributed by atoms with Crippen LogP contribution in [0, 0.1) is 0 Å². The summed E-state index contributed by atoms with van der Waals surface area (Å²) in [6.07, 6.45) is 0. The van der Waals surface area contributed by atoms with Gasteiger partial charge in [0.25, 0.3) is 0 Å². The van der Waals surface area contributed by atoms with E-state index in [0.717, 1.165) is 10.6 Å². The average Bonchev–Trinajstić information content (AvgIpc) is 2.04. The lowest BCUT2D eigenvalue weighted by molar-refractivity contribution is 0.774. The van der Waals surface area contributed by atoms with Gasteiger partial charge in [0.2, 0.25) is 0 Å². The normalized spacial score (nSPS) is 13.0. The Morgan fingerprint density at radius 1 is 1.45 bits per heavy atom. The van der Waals surface area contributed by atoms with Gasteiger partial charge in [0.05, 0.1) is 0 Å². The van der Waals surface area contributed by atoms with E-state index in [2.05, 4.69) is 6.92 Å². The maximum absolute atomic E-state index is 5.94. The standard InChI is InChI=1S/C9H12ClN/c1-7(6-11)8-4-2-3-5-9(8)10/h2-5,7H,6,11H2,1H3/t7-/m1/s1. The van der Waals surface area contributed by atoms with E-state index in [1.54, 1.807) is 0 Å². The van der Waals surface area contributed by atoms with Crippen LogP contribution in [0.5, 0.6) is 0 Å². The zero-order chi connectivity index (χ0) is 8.27. The van der Waals surface area contributed by atoms with Gasteiger partial charge in [0.15, 0.2) is 0 Å². The molecular weight excluding hydrogens is 158 g/mol. The molecule has 0 aromatic heterocycles. The zero-order valence-electron chi connectivity index (χ0n) is 6.55. The first-order valence-corrected chi connectivity index (χ1v) is 4.08. The molecule has 0 bridgehead atoms. The van der Waals surface area contributed by atoms with E-state index in [1.807, 2.05) is 24.3 Å². The van der Waals surface area contributed by atoms with E-state index in [4.69, 9.17) is 17.3 Å². The molecule has 0 aliphatic rings. The molecule has 11 heavy (non-hydrogen) atoms. The van der Waals surface area contributed by atoms with Crippen molar-refractivity contribution in [1.82, 2.24) is 0 Å². The van der Waals surface area contributed by atoms with Crippen LogP contribution in [0.1, 0.15) is 18.4 Å². The van der Waals surface area contributed by atoms with E-state index < -0.39 is 0 Å². The molecule has 2 heteroatoms. The van der Waals surface area contributed by atoms with Crippen LogP contribution in [0.2, 0.25) is 5.02 Å². The van der Waals surface area contributed by atoms with E-state index in [0.29, 0.717) is 12.5 Å². The lowest BCUT2D eigenvalue weighted by Gasteiger charge is -2.09. The van der Waals surface area contributed by atoms with Crippen molar-refractivity contribution in [3.63, 3.8) is 0 Å². The van der Waals surface area contributed by atoms with Gasteiger partial charge in [0.1, 0.15) is 0 Å². The van der Waals surface area contributed by atoms with Gasteiger partial charge in [-0.15, -0.1) is 0 Å². The molecule has 0 spiro atoms. The fraction of sp³-hybridized carbons (Fsp3) is 0.333. The smallest absolute Gasteiger partial charge is 0.0441 e. The fourth-order valence-corrected chi connectivity index (χ4v) is 1.32. The summed E-state index contributed by atoms with van der Waals surface area (Å²) in [5.74, 6) is 0.351. The van der Waals surface area contributed by atoms with E-state index in [-0.39, 0.29) is 0 Å². The van der Waals surface area contributed by atoms with Crippen molar-refractivity contribution in [2.45, 2.75) is 12.8 Å². The minimum absolute atomic E-state index is 0.351. The third-order valence-corrected chi connectivity index (χ3v) is 2.13. The molecule has 2 N–H and O–H groups in total. The van der Waals surface area contributed by atoms with Gasteiger partial charge in [-0.05, 0) is 24.1 Å². The Bertz CT molecular complexity index is 235. The number of benzene rings is 1. The minimum atomic E-state index is 0.351. The highest BCUT2D eigenvalue weighted by Crippen LogP contribution is 2.22. The van der Waals surface area contributed by atoms with Gasteiger partial charge in [-0.2, -0.15) is 0 Å². The monoisotopic (exact) mass is 169 g/mol. The molecule has 1 rings (SSSR count). The number of nitrogens with two attached hydrogens (primary N) is 1. The van der Waals surface area contributed by atoms with Crippen molar-refractivity contribution in [3.05, 3.63) is 34.9 Å². The highest BCUT2D eigenvalue weighted by Gasteiger charge is 2.05. The number of rotatable bonds is 2. The van der Waals surface area contributed by atoms with Gasteiger partial charge in [-0.25, -0.2) is 0 Å². The Morgan fingerprint density at radius 2 is 2.09 bits per heavy atom. The molecule has 1 aromatic carbocycles. The molecule has 60 valence electrons. The lowest BCUT2D eigenvalue weighted by atomic mass is 10.0. The van der Waals surface area contributed by atoms with E-state index in [9.17, 15) is 0 Å². The van der Waals surface area contributed by atoms with Crippen molar-refractivity contribution >= 4 is 11.6 Å². The summed E-state index contributed by atoms with van der Waals surface area (Å²) in [5, 5.41) is 0.811. The zero-order valence-corrected chi connectivity index (χ0v) is 7.31. The van der Waals surface area contributed by atoms with Crippen LogP contribution in [0.3, 0.4) is 0 Å². The summed E-state index contributed by atoms with van der Waals surface area (Å²) < 4.78 is 0. The average molecular weight is 170 g/mol.